The van der Waals surface area contributed by atoms with Gasteiger partial charge in [0.1, 0.15) is 5.52 Å². The summed E-state index contributed by atoms with van der Waals surface area (Å²) in [7, 11) is 0. The van der Waals surface area contributed by atoms with Crippen molar-refractivity contribution >= 4 is 39.0 Å². The molecule has 0 aliphatic rings. The topological polar surface area (TPSA) is 61.9 Å². The Bertz CT molecular complexity index is 1150. The number of aromatic amines is 1. The van der Waals surface area contributed by atoms with Crippen molar-refractivity contribution in [3.63, 3.8) is 0 Å². The van der Waals surface area contributed by atoms with Gasteiger partial charge in [-0.15, -0.1) is 13.2 Å². The molecule has 0 saturated heterocycles. The summed E-state index contributed by atoms with van der Waals surface area (Å²) in [5, 5.41) is 0.890. The summed E-state index contributed by atoms with van der Waals surface area (Å²) in [6.45, 7) is 8.38. The molecule has 0 spiro atoms. The Kier molecular flexibility index (Phi) is 3.97. The number of carbonyl (C=O) groups excluding carboxylic acids is 1. The lowest BCUT2D eigenvalue weighted by Gasteiger charge is -2.19. The maximum absolute atomic E-state index is 12.8. The van der Waals surface area contributed by atoms with Crippen LogP contribution in [0.25, 0.3) is 33.1 Å². The Morgan fingerprint density at radius 3 is 2.42 bits per heavy atom. The van der Waals surface area contributed by atoms with E-state index in [1.807, 2.05) is 42.5 Å². The Morgan fingerprint density at radius 1 is 1.04 bits per heavy atom. The zero-order valence-corrected chi connectivity index (χ0v) is 14.3. The number of hydrogen-bond donors (Lipinski definition) is 1. The maximum atomic E-state index is 12.8. The number of para-hydroxylation sites is 2. The number of H-pyrrole nitrogens is 1. The first-order chi connectivity index (χ1) is 12.7. The first kappa shape index (κ1) is 16.0. The summed E-state index contributed by atoms with van der Waals surface area (Å²) in [5.74, 6) is -0.0604. The number of amides is 1. The third-order valence-corrected chi connectivity index (χ3v) is 4.33. The van der Waals surface area contributed by atoms with Crippen LogP contribution in [0.5, 0.6) is 0 Å². The van der Waals surface area contributed by atoms with Crippen LogP contribution < -0.4 is 0 Å². The second kappa shape index (κ2) is 6.44. The van der Waals surface area contributed by atoms with Crippen LogP contribution in [0.4, 0.5) is 0 Å². The fourth-order valence-electron chi connectivity index (χ4n) is 3.12. The molecule has 5 nitrogen and oxygen atoms in total. The normalized spacial score (nSPS) is 11.1. The highest BCUT2D eigenvalue weighted by molar-refractivity contribution is 6.08. The molecule has 4 aromatic rings. The molecule has 2 aromatic carbocycles. The molecule has 0 fully saturated rings. The van der Waals surface area contributed by atoms with Crippen LogP contribution in [-0.2, 0) is 0 Å². The van der Waals surface area contributed by atoms with Crippen molar-refractivity contribution < 1.29 is 4.79 Å². The van der Waals surface area contributed by atoms with Crippen LogP contribution in [0.3, 0.4) is 0 Å². The minimum Gasteiger partial charge on any atom is -0.338 e. The summed E-state index contributed by atoms with van der Waals surface area (Å²) in [6, 6.07) is 13.3. The molecule has 0 aliphatic heterocycles. The second-order valence-corrected chi connectivity index (χ2v) is 6.08. The Morgan fingerprint density at radius 2 is 1.73 bits per heavy atom. The van der Waals surface area contributed by atoms with Gasteiger partial charge in [-0.3, -0.25) is 4.79 Å². The monoisotopic (exact) mass is 342 g/mol. The Labute approximate surface area is 150 Å². The smallest absolute Gasteiger partial charge is 0.254 e. The number of benzene rings is 2. The van der Waals surface area contributed by atoms with Gasteiger partial charge < -0.3 is 9.88 Å². The third-order valence-electron chi connectivity index (χ3n) is 4.33. The van der Waals surface area contributed by atoms with Crippen molar-refractivity contribution in [3.8, 4) is 0 Å². The van der Waals surface area contributed by atoms with Gasteiger partial charge in [-0.25, -0.2) is 9.97 Å². The maximum Gasteiger partial charge on any atom is 0.254 e. The van der Waals surface area contributed by atoms with Crippen LogP contribution in [0.1, 0.15) is 10.4 Å². The lowest BCUT2D eigenvalue weighted by atomic mass is 10.1. The number of hydrogen-bond acceptors (Lipinski definition) is 3. The SMILES string of the molecule is C=CCN(CC=C)C(=O)c1ccc2[nH]c3nc4ccccc4nc3c2c1. The van der Waals surface area contributed by atoms with Gasteiger partial charge in [0.25, 0.3) is 5.91 Å². The highest BCUT2D eigenvalue weighted by atomic mass is 16.2. The minimum absolute atomic E-state index is 0.0604. The highest BCUT2D eigenvalue weighted by Crippen LogP contribution is 2.26. The van der Waals surface area contributed by atoms with E-state index in [1.54, 1.807) is 17.1 Å². The minimum atomic E-state index is -0.0604. The zero-order chi connectivity index (χ0) is 18.1. The Hall–Kier alpha value is -3.47. The first-order valence-corrected chi connectivity index (χ1v) is 8.40. The van der Waals surface area contributed by atoms with Gasteiger partial charge in [0.15, 0.2) is 5.65 Å². The average Bonchev–Trinajstić information content (AvgIpc) is 3.02. The van der Waals surface area contributed by atoms with Gasteiger partial charge in [0, 0.05) is 29.6 Å². The summed E-state index contributed by atoms with van der Waals surface area (Å²) in [6.07, 6.45) is 3.42. The number of fused-ring (bicyclic) bond motifs is 4. The van der Waals surface area contributed by atoms with Crippen molar-refractivity contribution in [3.05, 3.63) is 73.3 Å². The summed E-state index contributed by atoms with van der Waals surface area (Å²) in [5.41, 5.74) is 4.68. The van der Waals surface area contributed by atoms with E-state index in [9.17, 15) is 4.79 Å². The second-order valence-electron chi connectivity index (χ2n) is 6.08. The molecule has 0 atom stereocenters. The standard InChI is InChI=1S/C21H18N4O/c1-3-11-25(12-4-2)21(26)14-9-10-16-15(13-14)19-20(23-16)24-18-8-6-5-7-17(18)22-19/h3-10,13H,1-2,11-12H2,(H,23,24). The number of nitrogens with zero attached hydrogens (tertiary/aromatic N) is 3. The molecule has 1 N–H and O–H groups in total. The van der Waals surface area contributed by atoms with E-state index in [0.29, 0.717) is 18.7 Å². The predicted molar refractivity (Wildman–Crippen MR) is 105 cm³/mol. The molecule has 0 unspecified atom stereocenters. The predicted octanol–water partition coefficient (Wildman–Crippen LogP) is 4.08. The number of nitrogens with one attached hydrogen (secondary N) is 1. The molecular weight excluding hydrogens is 324 g/mol. The van der Waals surface area contributed by atoms with Gasteiger partial charge in [-0.2, -0.15) is 0 Å². The lowest BCUT2D eigenvalue weighted by molar-refractivity contribution is 0.0791. The van der Waals surface area contributed by atoms with Gasteiger partial charge in [-0.1, -0.05) is 24.3 Å². The molecule has 1 amide bonds. The van der Waals surface area contributed by atoms with Gasteiger partial charge >= 0.3 is 0 Å². The van der Waals surface area contributed by atoms with Crippen LogP contribution in [0, 0.1) is 0 Å². The molecule has 0 bridgehead atoms. The summed E-state index contributed by atoms with van der Waals surface area (Å²) < 4.78 is 0. The van der Waals surface area contributed by atoms with E-state index >= 15 is 0 Å². The zero-order valence-electron chi connectivity index (χ0n) is 14.3. The van der Waals surface area contributed by atoms with E-state index < -0.39 is 0 Å². The summed E-state index contributed by atoms with van der Waals surface area (Å²) in [4.78, 5) is 27.2. The number of aromatic nitrogens is 3. The molecule has 2 aromatic heterocycles. The molecule has 26 heavy (non-hydrogen) atoms. The van der Waals surface area contributed by atoms with Crippen LogP contribution in [0.15, 0.2) is 67.8 Å². The van der Waals surface area contributed by atoms with E-state index in [0.717, 1.165) is 33.1 Å². The molecule has 0 radical (unpaired) electrons. The number of rotatable bonds is 5. The van der Waals surface area contributed by atoms with Crippen molar-refractivity contribution in [2.24, 2.45) is 0 Å². The van der Waals surface area contributed by atoms with Gasteiger partial charge in [0.2, 0.25) is 0 Å². The Balaban J connectivity index is 1.86. The average molecular weight is 342 g/mol. The number of carbonyl (C=O) groups is 1. The molecular formula is C21H18N4O. The van der Waals surface area contributed by atoms with Crippen molar-refractivity contribution in [2.45, 2.75) is 0 Å². The molecule has 4 rings (SSSR count). The van der Waals surface area contributed by atoms with Crippen molar-refractivity contribution in [1.29, 1.82) is 0 Å². The fourth-order valence-corrected chi connectivity index (χ4v) is 3.12. The molecule has 128 valence electrons. The molecule has 0 aliphatic carbocycles. The highest BCUT2D eigenvalue weighted by Gasteiger charge is 2.16. The molecule has 0 saturated carbocycles. The largest absolute Gasteiger partial charge is 0.338 e. The van der Waals surface area contributed by atoms with Crippen molar-refractivity contribution in [2.75, 3.05) is 13.1 Å². The van der Waals surface area contributed by atoms with E-state index in [4.69, 9.17) is 4.98 Å². The lowest BCUT2D eigenvalue weighted by Crippen LogP contribution is -2.31. The van der Waals surface area contributed by atoms with E-state index in [1.165, 1.54) is 0 Å². The third kappa shape index (κ3) is 2.63. The van der Waals surface area contributed by atoms with Gasteiger partial charge in [0.05, 0.1) is 11.0 Å². The van der Waals surface area contributed by atoms with Crippen LogP contribution in [0.2, 0.25) is 0 Å². The van der Waals surface area contributed by atoms with Crippen LogP contribution in [-0.4, -0.2) is 38.8 Å². The van der Waals surface area contributed by atoms with Crippen molar-refractivity contribution in [1.82, 2.24) is 19.9 Å². The quantitative estimate of drug-likeness (QED) is 0.556. The molecule has 5 heteroatoms. The molecule has 2 heterocycles. The van der Waals surface area contributed by atoms with Gasteiger partial charge in [-0.05, 0) is 30.3 Å². The van der Waals surface area contributed by atoms with E-state index in [2.05, 4.69) is 23.1 Å². The van der Waals surface area contributed by atoms with Crippen LogP contribution >= 0.6 is 0 Å². The summed E-state index contributed by atoms with van der Waals surface area (Å²) >= 11 is 0. The van der Waals surface area contributed by atoms with E-state index in [-0.39, 0.29) is 5.91 Å². The fraction of sp³-hybridized carbons (Fsp3) is 0.0952. The first-order valence-electron chi connectivity index (χ1n) is 8.40.